The molecular weight excluding hydrogens is 198 g/mol. The largest absolute Gasteiger partial charge is 0.307 e. The first-order valence-corrected chi connectivity index (χ1v) is 6.33. The molecule has 1 atom stereocenters. The molecule has 0 aliphatic heterocycles. The van der Waals surface area contributed by atoms with E-state index in [0.717, 1.165) is 30.3 Å². The van der Waals surface area contributed by atoms with E-state index >= 15 is 0 Å². The summed E-state index contributed by atoms with van der Waals surface area (Å²) in [4.78, 5) is 8.92. The van der Waals surface area contributed by atoms with Gasteiger partial charge in [0.05, 0.1) is 6.04 Å². The zero-order valence-electron chi connectivity index (χ0n) is 10.2. The van der Waals surface area contributed by atoms with Gasteiger partial charge in [0.2, 0.25) is 0 Å². The van der Waals surface area contributed by atoms with E-state index < -0.39 is 0 Å². The van der Waals surface area contributed by atoms with Crippen LogP contribution < -0.4 is 5.32 Å². The van der Waals surface area contributed by atoms with Crippen molar-refractivity contribution in [2.75, 3.05) is 6.54 Å². The van der Waals surface area contributed by atoms with Gasteiger partial charge in [0.25, 0.3) is 0 Å². The third-order valence-corrected chi connectivity index (χ3v) is 3.31. The third-order valence-electron chi connectivity index (χ3n) is 3.31. The standard InChI is InChI=1S/C13H21N3/c1-3-7-14-12(11-5-4-6-11)13-15-8-10(2)9-16-13/h8-9,11-12,14H,3-7H2,1-2H3. The number of nitrogens with zero attached hydrogens (tertiary/aromatic N) is 2. The van der Waals surface area contributed by atoms with Crippen LogP contribution in [-0.2, 0) is 0 Å². The molecule has 0 spiro atoms. The van der Waals surface area contributed by atoms with Crippen LogP contribution in [0.25, 0.3) is 0 Å². The van der Waals surface area contributed by atoms with Gasteiger partial charge in [-0.05, 0) is 44.2 Å². The molecule has 0 radical (unpaired) electrons. The van der Waals surface area contributed by atoms with Crippen LogP contribution in [0.2, 0.25) is 0 Å². The summed E-state index contributed by atoms with van der Waals surface area (Å²) in [6.45, 7) is 5.28. The lowest BCUT2D eigenvalue weighted by Crippen LogP contribution is -2.34. The number of hydrogen-bond acceptors (Lipinski definition) is 3. The van der Waals surface area contributed by atoms with Crippen LogP contribution in [0.1, 0.15) is 50.0 Å². The Morgan fingerprint density at radius 2 is 2.06 bits per heavy atom. The predicted molar refractivity (Wildman–Crippen MR) is 65.1 cm³/mol. The van der Waals surface area contributed by atoms with Crippen molar-refractivity contribution in [3.8, 4) is 0 Å². The number of nitrogens with one attached hydrogen (secondary N) is 1. The smallest absolute Gasteiger partial charge is 0.145 e. The minimum atomic E-state index is 0.370. The molecule has 0 saturated heterocycles. The maximum atomic E-state index is 4.46. The fourth-order valence-electron chi connectivity index (χ4n) is 2.10. The quantitative estimate of drug-likeness (QED) is 0.827. The van der Waals surface area contributed by atoms with E-state index in [0.29, 0.717) is 6.04 Å². The van der Waals surface area contributed by atoms with Gasteiger partial charge in [0.15, 0.2) is 0 Å². The molecular formula is C13H21N3. The maximum absolute atomic E-state index is 4.46. The molecule has 16 heavy (non-hydrogen) atoms. The van der Waals surface area contributed by atoms with Crippen LogP contribution in [-0.4, -0.2) is 16.5 Å². The van der Waals surface area contributed by atoms with Crippen molar-refractivity contribution in [1.82, 2.24) is 15.3 Å². The number of rotatable bonds is 5. The molecule has 3 heteroatoms. The van der Waals surface area contributed by atoms with Crippen LogP contribution in [0.4, 0.5) is 0 Å². The molecule has 1 aliphatic carbocycles. The summed E-state index contributed by atoms with van der Waals surface area (Å²) in [5.41, 5.74) is 1.13. The highest BCUT2D eigenvalue weighted by atomic mass is 15.0. The van der Waals surface area contributed by atoms with Crippen molar-refractivity contribution < 1.29 is 0 Å². The minimum absolute atomic E-state index is 0.370. The van der Waals surface area contributed by atoms with Crippen molar-refractivity contribution >= 4 is 0 Å². The Kier molecular flexibility index (Phi) is 3.88. The maximum Gasteiger partial charge on any atom is 0.145 e. The van der Waals surface area contributed by atoms with Crippen LogP contribution in [0.15, 0.2) is 12.4 Å². The van der Waals surface area contributed by atoms with Crippen LogP contribution in [0.5, 0.6) is 0 Å². The Hall–Kier alpha value is -0.960. The zero-order valence-corrected chi connectivity index (χ0v) is 10.2. The summed E-state index contributed by atoms with van der Waals surface area (Å²) < 4.78 is 0. The summed E-state index contributed by atoms with van der Waals surface area (Å²) in [7, 11) is 0. The molecule has 1 unspecified atom stereocenters. The number of hydrogen-bond donors (Lipinski definition) is 1. The summed E-state index contributed by atoms with van der Waals surface area (Å²) in [6.07, 6.45) is 9.00. The van der Waals surface area contributed by atoms with E-state index in [-0.39, 0.29) is 0 Å². The summed E-state index contributed by atoms with van der Waals surface area (Å²) in [6, 6.07) is 0.370. The van der Waals surface area contributed by atoms with Crippen LogP contribution in [0, 0.1) is 12.8 Å². The van der Waals surface area contributed by atoms with Crippen molar-refractivity contribution in [2.45, 2.75) is 45.6 Å². The van der Waals surface area contributed by atoms with Gasteiger partial charge in [-0.3, -0.25) is 0 Å². The minimum Gasteiger partial charge on any atom is -0.307 e. The molecule has 88 valence electrons. The molecule has 1 fully saturated rings. The van der Waals surface area contributed by atoms with Crippen LogP contribution >= 0.6 is 0 Å². The molecule has 1 aromatic heterocycles. The summed E-state index contributed by atoms with van der Waals surface area (Å²) in [5.74, 6) is 1.72. The van der Waals surface area contributed by atoms with Gasteiger partial charge in [-0.15, -0.1) is 0 Å². The van der Waals surface area contributed by atoms with Gasteiger partial charge in [-0.1, -0.05) is 13.3 Å². The van der Waals surface area contributed by atoms with Crippen molar-refractivity contribution in [1.29, 1.82) is 0 Å². The van der Waals surface area contributed by atoms with E-state index in [1.807, 2.05) is 19.3 Å². The molecule has 0 amide bonds. The molecule has 0 bridgehead atoms. The number of aromatic nitrogens is 2. The first kappa shape index (κ1) is 11.5. The van der Waals surface area contributed by atoms with Gasteiger partial charge in [-0.2, -0.15) is 0 Å². The van der Waals surface area contributed by atoms with Gasteiger partial charge < -0.3 is 5.32 Å². The van der Waals surface area contributed by atoms with Gasteiger partial charge in [0, 0.05) is 12.4 Å². The zero-order chi connectivity index (χ0) is 11.4. The Morgan fingerprint density at radius 1 is 1.38 bits per heavy atom. The van der Waals surface area contributed by atoms with Crippen molar-refractivity contribution in [2.24, 2.45) is 5.92 Å². The first-order chi connectivity index (χ1) is 7.81. The lowest BCUT2D eigenvalue weighted by molar-refractivity contribution is 0.223. The molecule has 1 aliphatic rings. The third kappa shape index (κ3) is 2.59. The van der Waals surface area contributed by atoms with E-state index in [9.17, 15) is 0 Å². The fourth-order valence-corrected chi connectivity index (χ4v) is 2.10. The highest BCUT2D eigenvalue weighted by Crippen LogP contribution is 2.36. The average Bonchev–Trinajstić information content (AvgIpc) is 2.23. The Labute approximate surface area is 97.7 Å². The average molecular weight is 219 g/mol. The molecule has 1 N–H and O–H groups in total. The number of aryl methyl sites for hydroxylation is 1. The summed E-state index contributed by atoms with van der Waals surface area (Å²) in [5, 5.41) is 3.58. The fraction of sp³-hybridized carbons (Fsp3) is 0.692. The van der Waals surface area contributed by atoms with Crippen LogP contribution in [0.3, 0.4) is 0 Å². The highest BCUT2D eigenvalue weighted by Gasteiger charge is 2.29. The lowest BCUT2D eigenvalue weighted by atomic mass is 9.79. The SMILES string of the molecule is CCCNC(c1ncc(C)cn1)C1CCC1. The molecule has 0 aromatic carbocycles. The lowest BCUT2D eigenvalue weighted by Gasteiger charge is -2.33. The molecule has 1 saturated carbocycles. The van der Waals surface area contributed by atoms with Gasteiger partial charge in [0.1, 0.15) is 5.82 Å². The highest BCUT2D eigenvalue weighted by molar-refractivity contribution is 5.06. The normalized spacial score (nSPS) is 18.1. The molecule has 1 aromatic rings. The first-order valence-electron chi connectivity index (χ1n) is 6.33. The second-order valence-electron chi connectivity index (χ2n) is 4.74. The molecule has 2 rings (SSSR count). The van der Waals surface area contributed by atoms with Gasteiger partial charge >= 0.3 is 0 Å². The van der Waals surface area contributed by atoms with E-state index in [1.165, 1.54) is 19.3 Å². The van der Waals surface area contributed by atoms with Gasteiger partial charge in [-0.25, -0.2) is 9.97 Å². The predicted octanol–water partition coefficient (Wildman–Crippen LogP) is 2.63. The van der Waals surface area contributed by atoms with Crippen molar-refractivity contribution in [3.63, 3.8) is 0 Å². The summed E-state index contributed by atoms with van der Waals surface area (Å²) >= 11 is 0. The Bertz CT molecular complexity index is 316. The topological polar surface area (TPSA) is 37.8 Å². The second kappa shape index (κ2) is 5.39. The molecule has 1 heterocycles. The molecule has 3 nitrogen and oxygen atoms in total. The second-order valence-corrected chi connectivity index (χ2v) is 4.74. The Morgan fingerprint density at radius 3 is 2.56 bits per heavy atom. The van der Waals surface area contributed by atoms with E-state index in [1.54, 1.807) is 0 Å². The van der Waals surface area contributed by atoms with Crippen molar-refractivity contribution in [3.05, 3.63) is 23.8 Å². The monoisotopic (exact) mass is 219 g/mol. The van der Waals surface area contributed by atoms with E-state index in [4.69, 9.17) is 0 Å². The Balaban J connectivity index is 2.07. The van der Waals surface area contributed by atoms with E-state index in [2.05, 4.69) is 22.2 Å².